The van der Waals surface area contributed by atoms with Crippen molar-refractivity contribution in [3.63, 3.8) is 0 Å². The quantitative estimate of drug-likeness (QED) is 0.510. The average molecular weight is 420 g/mol. The van der Waals surface area contributed by atoms with E-state index in [0.717, 1.165) is 10.9 Å². The molecule has 29 heavy (non-hydrogen) atoms. The molecule has 1 amide bonds. The maximum Gasteiger partial charge on any atom is 0.524 e. The minimum absolute atomic E-state index is 0.281. The van der Waals surface area contributed by atoms with E-state index in [1.165, 1.54) is 0 Å². The van der Waals surface area contributed by atoms with E-state index in [0.29, 0.717) is 0 Å². The SMILES string of the molecule is CC(C)C(=O)Nc1nc2c(ncn2C2(OC(F)(F)F)CO[C@H](CO)[C@H]2N)c(=O)[nH]1. The molecule has 1 aliphatic heterocycles. The molecule has 3 atom stereocenters. The maximum absolute atomic E-state index is 13.2. The first-order valence-electron chi connectivity index (χ1n) is 8.52. The fourth-order valence-corrected chi connectivity index (χ4v) is 2.97. The van der Waals surface area contributed by atoms with E-state index in [1.807, 2.05) is 0 Å². The lowest BCUT2D eigenvalue weighted by atomic mass is 10.0. The fraction of sp³-hybridized carbons (Fsp3) is 0.600. The zero-order valence-electron chi connectivity index (χ0n) is 15.4. The van der Waals surface area contributed by atoms with Gasteiger partial charge in [-0.25, -0.2) is 4.98 Å². The number of hydrogen-bond donors (Lipinski definition) is 4. The summed E-state index contributed by atoms with van der Waals surface area (Å²) in [4.78, 5) is 34.3. The van der Waals surface area contributed by atoms with Crippen molar-refractivity contribution in [2.75, 3.05) is 18.5 Å². The van der Waals surface area contributed by atoms with Gasteiger partial charge in [0.1, 0.15) is 6.10 Å². The molecule has 1 fully saturated rings. The summed E-state index contributed by atoms with van der Waals surface area (Å²) in [5, 5.41) is 11.7. The van der Waals surface area contributed by atoms with Crippen molar-refractivity contribution >= 4 is 23.0 Å². The van der Waals surface area contributed by atoms with Gasteiger partial charge < -0.3 is 15.6 Å². The highest BCUT2D eigenvalue weighted by Crippen LogP contribution is 2.38. The molecule has 1 saturated heterocycles. The highest BCUT2D eigenvalue weighted by Gasteiger charge is 2.57. The lowest BCUT2D eigenvalue weighted by Crippen LogP contribution is -2.56. The van der Waals surface area contributed by atoms with Crippen LogP contribution in [0.25, 0.3) is 11.2 Å². The number of H-pyrrole nitrogens is 1. The summed E-state index contributed by atoms with van der Waals surface area (Å²) in [6.07, 6.45) is -5.37. The number of alkyl halides is 3. The van der Waals surface area contributed by atoms with E-state index in [2.05, 4.69) is 25.0 Å². The molecule has 0 bridgehead atoms. The molecule has 1 unspecified atom stereocenters. The number of amides is 1. The second kappa shape index (κ2) is 7.37. The second-order valence-electron chi connectivity index (χ2n) is 6.80. The van der Waals surface area contributed by atoms with E-state index >= 15 is 0 Å². The zero-order valence-corrected chi connectivity index (χ0v) is 15.4. The van der Waals surface area contributed by atoms with E-state index in [4.69, 9.17) is 10.5 Å². The third kappa shape index (κ3) is 3.83. The van der Waals surface area contributed by atoms with Crippen molar-refractivity contribution in [3.05, 3.63) is 16.7 Å². The van der Waals surface area contributed by atoms with Crippen LogP contribution in [-0.2, 0) is 20.0 Å². The van der Waals surface area contributed by atoms with Gasteiger partial charge in [-0.3, -0.25) is 29.2 Å². The van der Waals surface area contributed by atoms with E-state index in [9.17, 15) is 27.9 Å². The molecule has 0 spiro atoms. The van der Waals surface area contributed by atoms with Crippen molar-refractivity contribution in [1.82, 2.24) is 19.5 Å². The number of aliphatic hydroxyl groups excluding tert-OH is 1. The highest BCUT2D eigenvalue weighted by molar-refractivity contribution is 5.91. The van der Waals surface area contributed by atoms with Gasteiger partial charge in [0, 0.05) is 5.92 Å². The molecule has 0 aromatic carbocycles. The number of nitrogens with zero attached hydrogens (tertiary/aromatic N) is 3. The van der Waals surface area contributed by atoms with Crippen LogP contribution >= 0.6 is 0 Å². The molecule has 0 saturated carbocycles. The van der Waals surface area contributed by atoms with Crippen LogP contribution in [0.5, 0.6) is 0 Å². The monoisotopic (exact) mass is 420 g/mol. The highest BCUT2D eigenvalue weighted by atomic mass is 19.4. The van der Waals surface area contributed by atoms with Crippen molar-refractivity contribution in [2.45, 2.75) is 38.1 Å². The third-order valence-electron chi connectivity index (χ3n) is 4.48. The van der Waals surface area contributed by atoms with E-state index < -0.39 is 54.8 Å². The van der Waals surface area contributed by atoms with Crippen LogP contribution in [0.2, 0.25) is 0 Å². The molecule has 11 nitrogen and oxygen atoms in total. The Balaban J connectivity index is 2.16. The molecule has 0 radical (unpaired) electrons. The standard InChI is InChI=1S/C15H19F3N6O5/c1-6(2)11(26)22-13-21-10-8(12(27)23-13)20-5-24(10)14(29-15(16,17)18)4-28-7(3-25)9(14)19/h5-7,9,25H,3-4,19H2,1-2H3,(H2,21,22,23,26,27)/t7-,9-,14?/m1/s1. The topological polar surface area (TPSA) is 157 Å². The number of nitrogens with one attached hydrogen (secondary N) is 2. The van der Waals surface area contributed by atoms with Crippen molar-refractivity contribution in [1.29, 1.82) is 0 Å². The molecule has 3 heterocycles. The largest absolute Gasteiger partial charge is 0.524 e. The summed E-state index contributed by atoms with van der Waals surface area (Å²) in [6, 6.07) is -1.47. The average Bonchev–Trinajstić information content (AvgIpc) is 3.16. The molecule has 160 valence electrons. The summed E-state index contributed by atoms with van der Waals surface area (Å²) < 4.78 is 49.9. The lowest BCUT2D eigenvalue weighted by molar-refractivity contribution is -0.386. The Morgan fingerprint density at radius 3 is 2.83 bits per heavy atom. The van der Waals surface area contributed by atoms with E-state index in [-0.39, 0.29) is 17.1 Å². The number of aromatic amines is 1. The van der Waals surface area contributed by atoms with E-state index in [1.54, 1.807) is 13.8 Å². The van der Waals surface area contributed by atoms with Gasteiger partial charge >= 0.3 is 6.36 Å². The Morgan fingerprint density at radius 2 is 2.28 bits per heavy atom. The molecule has 2 aromatic rings. The Hall–Kier alpha value is -2.55. The van der Waals surface area contributed by atoms with Gasteiger partial charge in [-0.15, -0.1) is 13.2 Å². The Bertz CT molecular complexity index is 973. The van der Waals surface area contributed by atoms with Crippen LogP contribution < -0.4 is 16.6 Å². The van der Waals surface area contributed by atoms with Gasteiger partial charge in [0.25, 0.3) is 5.56 Å². The Morgan fingerprint density at radius 1 is 1.59 bits per heavy atom. The fourth-order valence-electron chi connectivity index (χ4n) is 2.97. The van der Waals surface area contributed by atoms with Gasteiger partial charge in [0.05, 0.1) is 25.6 Å². The summed E-state index contributed by atoms with van der Waals surface area (Å²) in [5.74, 6) is -1.19. The molecule has 14 heteroatoms. The number of aromatic nitrogens is 4. The lowest BCUT2D eigenvalue weighted by Gasteiger charge is -2.34. The van der Waals surface area contributed by atoms with Gasteiger partial charge in [-0.2, -0.15) is 4.98 Å². The summed E-state index contributed by atoms with van der Waals surface area (Å²) in [7, 11) is 0. The van der Waals surface area contributed by atoms with Crippen LogP contribution in [0.4, 0.5) is 19.1 Å². The minimum atomic E-state index is -5.13. The molecule has 1 aliphatic rings. The van der Waals surface area contributed by atoms with Gasteiger partial charge in [0.2, 0.25) is 11.9 Å². The zero-order chi connectivity index (χ0) is 21.6. The van der Waals surface area contributed by atoms with Crippen molar-refractivity contribution < 1.29 is 32.5 Å². The molecule has 5 N–H and O–H groups in total. The van der Waals surface area contributed by atoms with Gasteiger partial charge in [0.15, 0.2) is 16.9 Å². The number of imidazole rings is 1. The predicted molar refractivity (Wildman–Crippen MR) is 91.5 cm³/mol. The van der Waals surface area contributed by atoms with Crippen LogP contribution in [0.15, 0.2) is 11.1 Å². The third-order valence-corrected chi connectivity index (χ3v) is 4.48. The summed E-state index contributed by atoms with van der Waals surface area (Å²) in [5.41, 5.74) is 2.14. The van der Waals surface area contributed by atoms with Crippen molar-refractivity contribution in [2.24, 2.45) is 11.7 Å². The number of rotatable bonds is 5. The number of hydrogen-bond acceptors (Lipinski definition) is 8. The number of nitrogens with two attached hydrogens (primary N) is 1. The Labute approximate surface area is 161 Å². The number of carbonyl (C=O) groups excluding carboxylic acids is 1. The number of aliphatic hydroxyl groups is 1. The second-order valence-corrected chi connectivity index (χ2v) is 6.80. The predicted octanol–water partition coefficient (Wildman–Crippen LogP) is -0.378. The minimum Gasteiger partial charge on any atom is -0.394 e. The van der Waals surface area contributed by atoms with Crippen molar-refractivity contribution in [3.8, 4) is 0 Å². The molecule has 2 aromatic heterocycles. The number of ether oxygens (including phenoxy) is 2. The van der Waals surface area contributed by atoms with Crippen LogP contribution in [-0.4, -0.2) is 62.3 Å². The summed E-state index contributed by atoms with van der Waals surface area (Å²) in [6.45, 7) is 1.87. The first-order chi connectivity index (χ1) is 13.5. The maximum atomic E-state index is 13.2. The van der Waals surface area contributed by atoms with Crippen LogP contribution in [0.1, 0.15) is 13.8 Å². The molecular weight excluding hydrogens is 401 g/mol. The first kappa shape index (κ1) is 21.2. The van der Waals surface area contributed by atoms with Gasteiger partial charge in [-0.1, -0.05) is 13.8 Å². The van der Waals surface area contributed by atoms with Gasteiger partial charge in [-0.05, 0) is 0 Å². The number of halogens is 3. The number of fused-ring (bicyclic) bond motifs is 1. The summed E-state index contributed by atoms with van der Waals surface area (Å²) >= 11 is 0. The number of carbonyl (C=O) groups is 1. The smallest absolute Gasteiger partial charge is 0.394 e. The Kier molecular flexibility index (Phi) is 5.38. The molecule has 3 rings (SSSR count). The van der Waals surface area contributed by atoms with Crippen LogP contribution in [0, 0.1) is 5.92 Å². The van der Waals surface area contributed by atoms with Crippen LogP contribution in [0.3, 0.4) is 0 Å². The first-order valence-corrected chi connectivity index (χ1v) is 8.52. The molecular formula is C15H19F3N6O5. The number of anilines is 1. The molecule has 0 aliphatic carbocycles. The normalized spacial score (nSPS) is 25.1.